The number of aromatic nitrogens is 5. The molecule has 0 aliphatic rings. The third-order valence-corrected chi connectivity index (χ3v) is 4.26. The van der Waals surface area contributed by atoms with Gasteiger partial charge in [-0.25, -0.2) is 4.79 Å². The van der Waals surface area contributed by atoms with Gasteiger partial charge in [-0.3, -0.25) is 4.98 Å². The minimum atomic E-state index is -0.280. The smallest absolute Gasteiger partial charge is 0.319 e. The molecule has 0 radical (unpaired) electrons. The monoisotopic (exact) mass is 365 g/mol. The van der Waals surface area contributed by atoms with Gasteiger partial charge in [-0.05, 0) is 54.8 Å². The van der Waals surface area contributed by atoms with E-state index >= 15 is 0 Å². The van der Waals surface area contributed by atoms with Crippen LogP contribution in [0.2, 0.25) is 0 Å². The molecule has 0 fully saturated rings. The van der Waals surface area contributed by atoms with Gasteiger partial charge >= 0.3 is 6.03 Å². The number of urea groups is 1. The molecule has 2 amide bonds. The fourth-order valence-corrected chi connectivity index (χ4v) is 2.75. The van der Waals surface area contributed by atoms with Crippen molar-refractivity contribution in [3.63, 3.8) is 0 Å². The van der Waals surface area contributed by atoms with E-state index in [1.54, 1.807) is 13.2 Å². The molecule has 2 N–H and O–H groups in total. The minimum Gasteiger partial charge on any atom is -0.330 e. The van der Waals surface area contributed by atoms with Gasteiger partial charge in [0.05, 0.1) is 18.8 Å². The highest BCUT2D eigenvalue weighted by Crippen LogP contribution is 2.23. The zero-order chi connectivity index (χ0) is 19.4. The third kappa shape index (κ3) is 4.46. The number of benzene rings is 1. The lowest BCUT2D eigenvalue weighted by atomic mass is 10.1. The summed E-state index contributed by atoms with van der Waals surface area (Å²) in [6, 6.07) is 9.15. The van der Waals surface area contributed by atoms with Gasteiger partial charge in [0.1, 0.15) is 0 Å². The zero-order valence-electron chi connectivity index (χ0n) is 15.9. The Morgan fingerprint density at radius 1 is 1.22 bits per heavy atom. The topological polar surface area (TPSA) is 97.6 Å². The number of nitrogens with one attached hydrogen (secondary N) is 2. The number of aryl methyl sites for hydroxylation is 3. The Balaban J connectivity index is 1.75. The van der Waals surface area contributed by atoms with Crippen molar-refractivity contribution in [2.75, 3.05) is 5.32 Å². The van der Waals surface area contributed by atoms with Crippen molar-refractivity contribution in [3.05, 3.63) is 53.3 Å². The first-order valence-corrected chi connectivity index (χ1v) is 8.81. The first-order valence-electron chi connectivity index (χ1n) is 8.81. The maximum atomic E-state index is 12.5. The second kappa shape index (κ2) is 7.94. The predicted octanol–water partition coefficient (Wildman–Crippen LogP) is 3.16. The molecule has 2 aromatic heterocycles. The molecule has 8 nitrogen and oxygen atoms in total. The average molecular weight is 365 g/mol. The normalized spacial score (nSPS) is 11.9. The van der Waals surface area contributed by atoms with Gasteiger partial charge < -0.3 is 10.6 Å². The van der Waals surface area contributed by atoms with Crippen molar-refractivity contribution in [2.24, 2.45) is 7.05 Å². The minimum absolute atomic E-state index is 0.157. The van der Waals surface area contributed by atoms with E-state index in [-0.39, 0.29) is 12.1 Å². The summed E-state index contributed by atoms with van der Waals surface area (Å²) in [7, 11) is 1.71. The molecule has 0 aliphatic carbocycles. The summed E-state index contributed by atoms with van der Waals surface area (Å²) < 4.78 is 0. The highest BCUT2D eigenvalue weighted by Gasteiger charge is 2.15. The van der Waals surface area contributed by atoms with E-state index in [2.05, 4.69) is 31.0 Å². The molecular weight excluding hydrogens is 342 g/mol. The van der Waals surface area contributed by atoms with Crippen LogP contribution in [0.3, 0.4) is 0 Å². The number of tetrazole rings is 1. The van der Waals surface area contributed by atoms with Gasteiger partial charge in [0.25, 0.3) is 0 Å². The fourth-order valence-electron chi connectivity index (χ4n) is 2.75. The van der Waals surface area contributed by atoms with E-state index in [1.807, 2.05) is 51.1 Å². The van der Waals surface area contributed by atoms with Gasteiger partial charge in [0.2, 0.25) is 5.82 Å². The number of rotatable bonds is 5. The lowest BCUT2D eigenvalue weighted by Gasteiger charge is -2.18. The third-order valence-electron chi connectivity index (χ3n) is 4.26. The molecule has 0 bridgehead atoms. The van der Waals surface area contributed by atoms with E-state index < -0.39 is 0 Å². The molecule has 0 aliphatic heterocycles. The molecule has 3 aromatic rings. The highest BCUT2D eigenvalue weighted by molar-refractivity contribution is 5.91. The number of pyridine rings is 1. The Morgan fingerprint density at radius 2 is 2.04 bits per heavy atom. The Hall–Kier alpha value is -3.29. The average Bonchev–Trinajstić information content (AvgIpc) is 3.08. The summed E-state index contributed by atoms with van der Waals surface area (Å²) >= 11 is 0. The van der Waals surface area contributed by atoms with Crippen LogP contribution in [0.5, 0.6) is 0 Å². The Bertz CT molecular complexity index is 951. The van der Waals surface area contributed by atoms with Crippen molar-refractivity contribution in [2.45, 2.75) is 33.2 Å². The highest BCUT2D eigenvalue weighted by atomic mass is 16.2. The zero-order valence-corrected chi connectivity index (χ0v) is 15.9. The summed E-state index contributed by atoms with van der Waals surface area (Å²) in [6.07, 6.45) is 2.50. The number of nitrogens with zero attached hydrogens (tertiary/aromatic N) is 5. The Morgan fingerprint density at radius 3 is 2.70 bits per heavy atom. The predicted molar refractivity (Wildman–Crippen MR) is 103 cm³/mol. The number of hydrogen-bond donors (Lipinski definition) is 2. The van der Waals surface area contributed by atoms with Crippen LogP contribution in [0.4, 0.5) is 10.5 Å². The number of amides is 2. The molecule has 0 saturated carbocycles. The van der Waals surface area contributed by atoms with E-state index in [0.717, 1.165) is 28.8 Å². The molecule has 0 spiro atoms. The van der Waals surface area contributed by atoms with Crippen LogP contribution in [-0.4, -0.2) is 31.2 Å². The number of carbonyl (C=O) groups is 1. The van der Waals surface area contributed by atoms with Crippen LogP contribution in [0.1, 0.15) is 36.2 Å². The maximum Gasteiger partial charge on any atom is 0.319 e. The van der Waals surface area contributed by atoms with Crippen LogP contribution < -0.4 is 10.6 Å². The Labute approximate surface area is 158 Å². The largest absolute Gasteiger partial charge is 0.330 e. The van der Waals surface area contributed by atoms with Crippen molar-refractivity contribution in [1.82, 2.24) is 30.5 Å². The quantitative estimate of drug-likeness (QED) is 0.724. The molecule has 3 rings (SSSR count). The van der Waals surface area contributed by atoms with Gasteiger partial charge in [-0.1, -0.05) is 19.1 Å². The van der Waals surface area contributed by atoms with Crippen LogP contribution in [-0.2, 0) is 7.05 Å². The summed E-state index contributed by atoms with van der Waals surface area (Å²) in [4.78, 5) is 18.3. The van der Waals surface area contributed by atoms with Crippen molar-refractivity contribution >= 4 is 11.7 Å². The van der Waals surface area contributed by atoms with Gasteiger partial charge in [-0.2, -0.15) is 4.80 Å². The molecule has 8 heteroatoms. The number of hydrogen-bond acceptors (Lipinski definition) is 5. The van der Waals surface area contributed by atoms with Crippen LogP contribution in [0.25, 0.3) is 11.4 Å². The van der Waals surface area contributed by atoms with E-state index in [9.17, 15) is 4.79 Å². The molecule has 2 heterocycles. The van der Waals surface area contributed by atoms with Gasteiger partial charge in [-0.15, -0.1) is 10.2 Å². The van der Waals surface area contributed by atoms with Crippen molar-refractivity contribution in [1.29, 1.82) is 0 Å². The standard InChI is InChI=1S/C19H23N7O/c1-5-15(17-10-12(2)8-9-20-17)21-19(27)22-16-11-14(7-6-13(16)3)18-23-25-26(4)24-18/h6-11,15H,5H2,1-4H3,(H2,21,22,27)/t15-/m1/s1. The maximum absolute atomic E-state index is 12.5. The van der Waals surface area contributed by atoms with Crippen molar-refractivity contribution < 1.29 is 4.79 Å². The second-order valence-electron chi connectivity index (χ2n) is 6.45. The second-order valence-corrected chi connectivity index (χ2v) is 6.45. The molecule has 27 heavy (non-hydrogen) atoms. The molecule has 1 aromatic carbocycles. The lowest BCUT2D eigenvalue weighted by molar-refractivity contribution is 0.248. The SMILES string of the molecule is CC[C@@H](NC(=O)Nc1cc(-c2nnn(C)n2)ccc1C)c1cc(C)ccn1. The summed E-state index contributed by atoms with van der Waals surface area (Å²) in [5, 5.41) is 18.0. The number of carbonyl (C=O) groups excluding carboxylic acids is 1. The molecule has 1 atom stereocenters. The molecule has 140 valence electrons. The number of anilines is 1. The summed E-state index contributed by atoms with van der Waals surface area (Å²) in [6.45, 7) is 5.96. The summed E-state index contributed by atoms with van der Waals surface area (Å²) in [5.41, 5.74) is 4.39. The van der Waals surface area contributed by atoms with Crippen molar-refractivity contribution in [3.8, 4) is 11.4 Å². The fraction of sp³-hybridized carbons (Fsp3) is 0.316. The van der Waals surface area contributed by atoms with Crippen LogP contribution in [0.15, 0.2) is 36.5 Å². The first kappa shape index (κ1) is 18.5. The van der Waals surface area contributed by atoms with Gasteiger partial charge in [0, 0.05) is 17.4 Å². The molecule has 0 unspecified atom stereocenters. The van der Waals surface area contributed by atoms with Crippen LogP contribution in [0, 0.1) is 13.8 Å². The van der Waals surface area contributed by atoms with Gasteiger partial charge in [0.15, 0.2) is 0 Å². The molecular formula is C19H23N7O. The molecule has 0 saturated heterocycles. The van der Waals surface area contributed by atoms with E-state index in [1.165, 1.54) is 4.80 Å². The summed E-state index contributed by atoms with van der Waals surface area (Å²) in [5.74, 6) is 0.511. The first-order chi connectivity index (χ1) is 13.0. The van der Waals surface area contributed by atoms with Crippen LogP contribution >= 0.6 is 0 Å². The Kier molecular flexibility index (Phi) is 5.44. The van der Waals surface area contributed by atoms with E-state index in [4.69, 9.17) is 0 Å². The lowest BCUT2D eigenvalue weighted by Crippen LogP contribution is -2.33. The van der Waals surface area contributed by atoms with E-state index in [0.29, 0.717) is 11.5 Å².